The molecule has 20 heavy (non-hydrogen) atoms. The van der Waals surface area contributed by atoms with Crippen molar-refractivity contribution in [3.05, 3.63) is 33.9 Å². The first-order chi connectivity index (χ1) is 9.70. The van der Waals surface area contributed by atoms with E-state index in [0.29, 0.717) is 11.8 Å². The van der Waals surface area contributed by atoms with Crippen LogP contribution in [-0.4, -0.2) is 16.7 Å². The Morgan fingerprint density at radius 1 is 1.30 bits per heavy atom. The second-order valence-electron chi connectivity index (χ2n) is 5.33. The van der Waals surface area contributed by atoms with Crippen LogP contribution in [0.3, 0.4) is 0 Å². The molecule has 0 bridgehead atoms. The van der Waals surface area contributed by atoms with E-state index in [4.69, 9.17) is 5.73 Å². The van der Waals surface area contributed by atoms with Gasteiger partial charge in [0.25, 0.3) is 5.69 Å². The van der Waals surface area contributed by atoms with Gasteiger partial charge in [0.2, 0.25) is 0 Å². The van der Waals surface area contributed by atoms with Crippen LogP contribution in [-0.2, 0) is 6.42 Å². The van der Waals surface area contributed by atoms with Crippen LogP contribution in [0.2, 0.25) is 0 Å². The molecule has 1 aliphatic rings. The SMILES string of the molecule is NCCCc1ccc(SC2CCCCC2)c([N+](=O)[O-])c1. The van der Waals surface area contributed by atoms with Crippen LogP contribution < -0.4 is 5.73 Å². The average molecular weight is 294 g/mol. The van der Waals surface area contributed by atoms with E-state index in [0.717, 1.165) is 23.3 Å². The first-order valence-electron chi connectivity index (χ1n) is 7.34. The highest BCUT2D eigenvalue weighted by Gasteiger charge is 2.21. The molecule has 5 heteroatoms. The quantitative estimate of drug-likeness (QED) is 0.638. The van der Waals surface area contributed by atoms with Crippen LogP contribution in [0.15, 0.2) is 23.1 Å². The minimum Gasteiger partial charge on any atom is -0.330 e. The molecule has 2 N–H and O–H groups in total. The molecule has 110 valence electrons. The summed E-state index contributed by atoms with van der Waals surface area (Å²) >= 11 is 1.69. The molecular weight excluding hydrogens is 272 g/mol. The molecule has 1 aromatic rings. The summed E-state index contributed by atoms with van der Waals surface area (Å²) in [7, 11) is 0. The Hall–Kier alpha value is -1.07. The second-order valence-corrected chi connectivity index (χ2v) is 6.67. The number of nitro benzene ring substituents is 1. The number of aryl methyl sites for hydroxylation is 1. The third kappa shape index (κ3) is 4.21. The van der Waals surface area contributed by atoms with Crippen LogP contribution in [0.4, 0.5) is 5.69 Å². The number of hydrogen-bond donors (Lipinski definition) is 1. The molecule has 1 aromatic carbocycles. The van der Waals surface area contributed by atoms with E-state index in [1.54, 1.807) is 17.8 Å². The molecule has 0 saturated heterocycles. The zero-order chi connectivity index (χ0) is 14.4. The molecular formula is C15H22N2O2S. The number of rotatable bonds is 6. The fourth-order valence-electron chi connectivity index (χ4n) is 2.63. The van der Waals surface area contributed by atoms with E-state index >= 15 is 0 Å². The highest BCUT2D eigenvalue weighted by molar-refractivity contribution is 8.00. The summed E-state index contributed by atoms with van der Waals surface area (Å²) in [4.78, 5) is 11.8. The minimum absolute atomic E-state index is 0.253. The summed E-state index contributed by atoms with van der Waals surface area (Å²) in [6.07, 6.45) is 7.84. The molecule has 0 radical (unpaired) electrons. The smallest absolute Gasteiger partial charge is 0.283 e. The van der Waals surface area contributed by atoms with E-state index in [2.05, 4.69) is 0 Å². The zero-order valence-electron chi connectivity index (χ0n) is 11.7. The van der Waals surface area contributed by atoms with Gasteiger partial charge >= 0.3 is 0 Å². The van der Waals surface area contributed by atoms with Gasteiger partial charge in [-0.25, -0.2) is 0 Å². The van der Waals surface area contributed by atoms with Crippen molar-refractivity contribution in [2.24, 2.45) is 5.73 Å². The summed E-state index contributed by atoms with van der Waals surface area (Å²) in [6, 6.07) is 5.65. The number of thioether (sulfide) groups is 1. The molecule has 0 aromatic heterocycles. The summed E-state index contributed by atoms with van der Waals surface area (Å²) < 4.78 is 0. The first kappa shape index (κ1) is 15.3. The molecule has 0 heterocycles. The van der Waals surface area contributed by atoms with Gasteiger partial charge in [-0.1, -0.05) is 25.3 Å². The summed E-state index contributed by atoms with van der Waals surface area (Å²) in [5.74, 6) is 0. The van der Waals surface area contributed by atoms with E-state index in [9.17, 15) is 10.1 Å². The van der Waals surface area contributed by atoms with E-state index in [1.165, 1.54) is 32.1 Å². The molecule has 1 aliphatic carbocycles. The van der Waals surface area contributed by atoms with E-state index in [1.807, 2.05) is 12.1 Å². The van der Waals surface area contributed by atoms with Gasteiger partial charge in [-0.3, -0.25) is 10.1 Å². The average Bonchev–Trinajstić information content (AvgIpc) is 2.47. The Morgan fingerprint density at radius 2 is 2.05 bits per heavy atom. The van der Waals surface area contributed by atoms with Crippen molar-refractivity contribution < 1.29 is 4.92 Å². The summed E-state index contributed by atoms with van der Waals surface area (Å²) in [6.45, 7) is 0.617. The van der Waals surface area contributed by atoms with Crippen molar-refractivity contribution in [3.8, 4) is 0 Å². The maximum atomic E-state index is 11.3. The highest BCUT2D eigenvalue weighted by Crippen LogP contribution is 2.38. The fourth-order valence-corrected chi connectivity index (χ4v) is 3.96. The zero-order valence-corrected chi connectivity index (χ0v) is 12.5. The Bertz CT molecular complexity index is 459. The van der Waals surface area contributed by atoms with E-state index < -0.39 is 0 Å². The van der Waals surface area contributed by atoms with Crippen molar-refractivity contribution >= 4 is 17.4 Å². The van der Waals surface area contributed by atoms with Crippen molar-refractivity contribution in [2.45, 2.75) is 55.1 Å². The summed E-state index contributed by atoms with van der Waals surface area (Å²) in [5.41, 5.74) is 6.76. The predicted octanol–water partition coefficient (Wildman–Crippen LogP) is 3.91. The number of nitrogens with zero attached hydrogens (tertiary/aromatic N) is 1. The molecule has 0 amide bonds. The van der Waals surface area contributed by atoms with Crippen molar-refractivity contribution in [2.75, 3.05) is 6.54 Å². The second kappa shape index (κ2) is 7.64. The van der Waals surface area contributed by atoms with E-state index in [-0.39, 0.29) is 10.6 Å². The van der Waals surface area contributed by atoms with Gasteiger partial charge in [-0.2, -0.15) is 0 Å². The lowest BCUT2D eigenvalue weighted by Gasteiger charge is -2.20. The number of benzene rings is 1. The highest BCUT2D eigenvalue weighted by atomic mass is 32.2. The monoisotopic (exact) mass is 294 g/mol. The predicted molar refractivity (Wildman–Crippen MR) is 83.2 cm³/mol. The van der Waals surface area contributed by atoms with Gasteiger partial charge in [0.15, 0.2) is 0 Å². The van der Waals surface area contributed by atoms with Crippen molar-refractivity contribution in [1.82, 2.24) is 0 Å². The maximum absolute atomic E-state index is 11.3. The number of hydrogen-bond acceptors (Lipinski definition) is 4. The lowest BCUT2D eigenvalue weighted by atomic mass is 10.0. The third-order valence-electron chi connectivity index (χ3n) is 3.74. The van der Waals surface area contributed by atoms with Crippen LogP contribution in [0, 0.1) is 10.1 Å². The third-order valence-corrected chi connectivity index (χ3v) is 5.14. The van der Waals surface area contributed by atoms with Crippen LogP contribution in [0.25, 0.3) is 0 Å². The lowest BCUT2D eigenvalue weighted by molar-refractivity contribution is -0.387. The van der Waals surface area contributed by atoms with Crippen molar-refractivity contribution in [3.63, 3.8) is 0 Å². The van der Waals surface area contributed by atoms with Crippen LogP contribution >= 0.6 is 11.8 Å². The molecule has 1 saturated carbocycles. The minimum atomic E-state index is -0.253. The largest absolute Gasteiger partial charge is 0.330 e. The molecule has 0 unspecified atom stereocenters. The number of nitrogens with two attached hydrogens (primary N) is 1. The Kier molecular flexibility index (Phi) is 5.86. The molecule has 0 spiro atoms. The van der Waals surface area contributed by atoms with Gasteiger partial charge in [0.05, 0.1) is 9.82 Å². The van der Waals surface area contributed by atoms with Gasteiger partial charge in [-0.15, -0.1) is 11.8 Å². The topological polar surface area (TPSA) is 69.2 Å². The molecule has 1 fully saturated rings. The van der Waals surface area contributed by atoms with Gasteiger partial charge in [0, 0.05) is 11.3 Å². The molecule has 4 nitrogen and oxygen atoms in total. The number of nitro groups is 1. The Labute approximate surface area is 124 Å². The fraction of sp³-hybridized carbons (Fsp3) is 0.600. The van der Waals surface area contributed by atoms with Crippen molar-refractivity contribution in [1.29, 1.82) is 0 Å². The van der Waals surface area contributed by atoms with Gasteiger partial charge in [-0.05, 0) is 43.9 Å². The normalized spacial score (nSPS) is 16.2. The molecule has 0 aliphatic heterocycles. The van der Waals surface area contributed by atoms with Gasteiger partial charge in [0.1, 0.15) is 0 Å². The van der Waals surface area contributed by atoms with Crippen LogP contribution in [0.1, 0.15) is 44.1 Å². The summed E-state index contributed by atoms with van der Waals surface area (Å²) in [5, 5.41) is 11.8. The van der Waals surface area contributed by atoms with Gasteiger partial charge < -0.3 is 5.73 Å². The maximum Gasteiger partial charge on any atom is 0.283 e. The Morgan fingerprint density at radius 3 is 2.70 bits per heavy atom. The standard InChI is InChI=1S/C15H22N2O2S/c16-10-4-5-12-8-9-15(14(11-12)17(18)19)20-13-6-2-1-3-7-13/h8-9,11,13H,1-7,10,16H2. The Balaban J connectivity index is 2.12. The molecule has 2 rings (SSSR count). The lowest BCUT2D eigenvalue weighted by Crippen LogP contribution is -2.08. The molecule has 0 atom stereocenters. The van der Waals surface area contributed by atoms with Crippen LogP contribution in [0.5, 0.6) is 0 Å². The first-order valence-corrected chi connectivity index (χ1v) is 8.22.